The molecule has 0 saturated carbocycles. The van der Waals surface area contributed by atoms with Crippen molar-refractivity contribution in [1.29, 1.82) is 0 Å². The van der Waals surface area contributed by atoms with Crippen LogP contribution in [0.4, 0.5) is 11.8 Å². The van der Waals surface area contributed by atoms with E-state index in [1.807, 2.05) is 17.9 Å². The van der Waals surface area contributed by atoms with E-state index in [2.05, 4.69) is 54.4 Å². The Kier molecular flexibility index (Phi) is 5.22. The summed E-state index contributed by atoms with van der Waals surface area (Å²) in [4.78, 5) is 14.1. The van der Waals surface area contributed by atoms with Crippen molar-refractivity contribution < 1.29 is 0 Å². The van der Waals surface area contributed by atoms with Crippen LogP contribution in [0.2, 0.25) is 0 Å². The zero-order valence-electron chi connectivity index (χ0n) is 16.0. The van der Waals surface area contributed by atoms with Crippen molar-refractivity contribution in [1.82, 2.24) is 24.6 Å². The molecule has 0 fully saturated rings. The minimum Gasteiger partial charge on any atom is -0.362 e. The molecular formula is C18H29N7. The molecule has 1 N–H and O–H groups in total. The van der Waals surface area contributed by atoms with Crippen LogP contribution in [0, 0.1) is 0 Å². The Morgan fingerprint density at radius 2 is 1.96 bits per heavy atom. The lowest BCUT2D eigenvalue weighted by molar-refractivity contribution is 0.279. The number of fused-ring (bicyclic) bond motifs is 1. The number of rotatable bonds is 5. The van der Waals surface area contributed by atoms with Gasteiger partial charge in [0.25, 0.3) is 0 Å². The zero-order chi connectivity index (χ0) is 18.0. The summed E-state index contributed by atoms with van der Waals surface area (Å²) in [5.74, 6) is 1.77. The summed E-state index contributed by atoms with van der Waals surface area (Å²) in [6, 6.07) is 0.320. The minimum absolute atomic E-state index is 0.320. The van der Waals surface area contributed by atoms with Gasteiger partial charge >= 0.3 is 0 Å². The van der Waals surface area contributed by atoms with Crippen LogP contribution < -0.4 is 10.2 Å². The van der Waals surface area contributed by atoms with Crippen LogP contribution in [0.25, 0.3) is 0 Å². The largest absolute Gasteiger partial charge is 0.362 e. The van der Waals surface area contributed by atoms with E-state index in [9.17, 15) is 0 Å². The van der Waals surface area contributed by atoms with E-state index in [0.29, 0.717) is 6.04 Å². The maximum atomic E-state index is 4.81. The highest BCUT2D eigenvalue weighted by atomic mass is 15.2. The Morgan fingerprint density at radius 3 is 2.60 bits per heavy atom. The normalized spacial score (nSPS) is 15.1. The van der Waals surface area contributed by atoms with Crippen molar-refractivity contribution in [2.45, 2.75) is 39.3 Å². The molecule has 0 unspecified atom stereocenters. The Hall–Kier alpha value is -2.15. The van der Waals surface area contributed by atoms with Gasteiger partial charge in [-0.3, -0.25) is 9.58 Å². The number of hydrogen-bond donors (Lipinski definition) is 1. The van der Waals surface area contributed by atoms with Gasteiger partial charge in [0.15, 0.2) is 0 Å². The Labute approximate surface area is 150 Å². The van der Waals surface area contributed by atoms with E-state index < -0.39 is 0 Å². The van der Waals surface area contributed by atoms with Crippen LogP contribution in [0.15, 0.2) is 12.4 Å². The van der Waals surface area contributed by atoms with Crippen LogP contribution >= 0.6 is 0 Å². The lowest BCUT2D eigenvalue weighted by atomic mass is 10.1. The second kappa shape index (κ2) is 7.39. The summed E-state index contributed by atoms with van der Waals surface area (Å²) < 4.78 is 1.86. The molecule has 0 spiro atoms. The van der Waals surface area contributed by atoms with Crippen LogP contribution in [-0.4, -0.2) is 57.9 Å². The van der Waals surface area contributed by atoms with Gasteiger partial charge in [0, 0.05) is 70.6 Å². The van der Waals surface area contributed by atoms with Crippen molar-refractivity contribution in [3.63, 3.8) is 0 Å². The summed E-state index contributed by atoms with van der Waals surface area (Å²) in [6.07, 6.45) is 5.97. The summed E-state index contributed by atoms with van der Waals surface area (Å²) in [5, 5.41) is 7.63. The number of aryl methyl sites for hydroxylation is 1. The van der Waals surface area contributed by atoms with E-state index in [1.54, 1.807) is 0 Å². The van der Waals surface area contributed by atoms with Crippen LogP contribution in [0.1, 0.15) is 30.7 Å². The third-order valence-electron chi connectivity index (χ3n) is 4.42. The second-order valence-electron chi connectivity index (χ2n) is 7.29. The minimum atomic E-state index is 0.320. The quantitative estimate of drug-likeness (QED) is 0.892. The molecule has 3 rings (SSSR count). The van der Waals surface area contributed by atoms with Gasteiger partial charge in [-0.15, -0.1) is 0 Å². The molecule has 136 valence electrons. The predicted molar refractivity (Wildman–Crippen MR) is 101 cm³/mol. The molecular weight excluding hydrogens is 314 g/mol. The summed E-state index contributed by atoms with van der Waals surface area (Å²) in [6.45, 7) is 7.18. The van der Waals surface area contributed by atoms with Crippen LogP contribution in [-0.2, 0) is 26.4 Å². The fourth-order valence-corrected chi connectivity index (χ4v) is 3.29. The predicted octanol–water partition coefficient (Wildman–Crippen LogP) is 1.70. The molecule has 25 heavy (non-hydrogen) atoms. The Balaban J connectivity index is 1.80. The van der Waals surface area contributed by atoms with Crippen LogP contribution in [0.3, 0.4) is 0 Å². The van der Waals surface area contributed by atoms with Gasteiger partial charge in [0.2, 0.25) is 5.95 Å². The zero-order valence-corrected chi connectivity index (χ0v) is 16.0. The fraction of sp³-hybridized carbons (Fsp3) is 0.611. The number of nitrogens with zero attached hydrogens (tertiary/aromatic N) is 6. The van der Waals surface area contributed by atoms with Gasteiger partial charge in [0.1, 0.15) is 5.82 Å². The maximum Gasteiger partial charge on any atom is 0.225 e. The van der Waals surface area contributed by atoms with Gasteiger partial charge in [-0.2, -0.15) is 10.1 Å². The molecule has 7 nitrogen and oxygen atoms in total. The average Bonchev–Trinajstić information content (AvgIpc) is 2.83. The highest BCUT2D eigenvalue weighted by Gasteiger charge is 2.21. The smallest absolute Gasteiger partial charge is 0.225 e. The van der Waals surface area contributed by atoms with E-state index in [1.165, 1.54) is 16.8 Å². The maximum absolute atomic E-state index is 4.81. The topological polar surface area (TPSA) is 62.1 Å². The van der Waals surface area contributed by atoms with Gasteiger partial charge in [0.05, 0.1) is 11.9 Å². The molecule has 0 atom stereocenters. The van der Waals surface area contributed by atoms with E-state index >= 15 is 0 Å². The first kappa shape index (κ1) is 17.7. The molecule has 0 aliphatic carbocycles. The van der Waals surface area contributed by atoms with Gasteiger partial charge in [-0.25, -0.2) is 4.98 Å². The number of anilines is 2. The monoisotopic (exact) mass is 343 g/mol. The molecule has 2 aromatic heterocycles. The molecule has 2 aromatic rings. The average molecular weight is 343 g/mol. The first-order valence-corrected chi connectivity index (χ1v) is 8.96. The first-order chi connectivity index (χ1) is 11.9. The van der Waals surface area contributed by atoms with E-state index in [4.69, 9.17) is 9.97 Å². The highest BCUT2D eigenvalue weighted by Crippen LogP contribution is 2.25. The number of nitrogens with one attached hydrogen (secondary N) is 1. The van der Waals surface area contributed by atoms with E-state index in [0.717, 1.165) is 44.2 Å². The summed E-state index contributed by atoms with van der Waals surface area (Å²) in [5.41, 5.74) is 3.72. The standard InChI is InChI=1S/C18H29N7/c1-13(2)20-18-21-16-7-9-25(12-14-10-19-24(5)11-14)8-6-15(16)17(22-18)23(3)4/h10-11,13H,6-9,12H2,1-5H3,(H,20,21,22). The van der Waals surface area contributed by atoms with Crippen molar-refractivity contribution in [3.05, 3.63) is 29.2 Å². The SMILES string of the molecule is CC(C)Nc1nc2c(c(N(C)C)n1)CCN(Cc1cnn(C)c1)CC2. The lowest BCUT2D eigenvalue weighted by Crippen LogP contribution is -2.25. The van der Waals surface area contributed by atoms with Crippen LogP contribution in [0.5, 0.6) is 0 Å². The van der Waals surface area contributed by atoms with E-state index in [-0.39, 0.29) is 0 Å². The third-order valence-corrected chi connectivity index (χ3v) is 4.42. The van der Waals surface area contributed by atoms with Crippen molar-refractivity contribution in [2.75, 3.05) is 37.4 Å². The summed E-state index contributed by atoms with van der Waals surface area (Å²) in [7, 11) is 6.07. The molecule has 7 heteroatoms. The number of aromatic nitrogens is 4. The van der Waals surface area contributed by atoms with Gasteiger partial charge in [-0.05, 0) is 20.3 Å². The first-order valence-electron chi connectivity index (χ1n) is 8.96. The molecule has 0 bridgehead atoms. The number of hydrogen-bond acceptors (Lipinski definition) is 6. The fourth-order valence-electron chi connectivity index (χ4n) is 3.29. The lowest BCUT2D eigenvalue weighted by Gasteiger charge is -2.20. The third kappa shape index (κ3) is 4.28. The van der Waals surface area contributed by atoms with Crippen molar-refractivity contribution in [3.8, 4) is 0 Å². The molecule has 0 amide bonds. The van der Waals surface area contributed by atoms with Crippen molar-refractivity contribution >= 4 is 11.8 Å². The van der Waals surface area contributed by atoms with Gasteiger partial charge < -0.3 is 10.2 Å². The highest BCUT2D eigenvalue weighted by molar-refractivity contribution is 5.52. The van der Waals surface area contributed by atoms with Gasteiger partial charge in [-0.1, -0.05) is 0 Å². The molecule has 0 saturated heterocycles. The Bertz CT molecular complexity index is 720. The molecule has 1 aliphatic rings. The van der Waals surface area contributed by atoms with Crippen molar-refractivity contribution in [2.24, 2.45) is 7.05 Å². The second-order valence-corrected chi connectivity index (χ2v) is 7.29. The molecule has 0 radical (unpaired) electrons. The molecule has 3 heterocycles. The summed E-state index contributed by atoms with van der Waals surface area (Å²) >= 11 is 0. The Morgan fingerprint density at radius 1 is 1.20 bits per heavy atom. The molecule has 0 aromatic carbocycles. The molecule has 1 aliphatic heterocycles.